The summed E-state index contributed by atoms with van der Waals surface area (Å²) in [6.07, 6.45) is 6.59. The molecule has 0 radical (unpaired) electrons. The molecule has 0 fully saturated rings. The van der Waals surface area contributed by atoms with Gasteiger partial charge in [-0.25, -0.2) is 0 Å². The third-order valence-corrected chi connectivity index (χ3v) is 3.44. The summed E-state index contributed by atoms with van der Waals surface area (Å²) in [5.74, 6) is 1.01. The van der Waals surface area contributed by atoms with Crippen molar-refractivity contribution in [1.29, 1.82) is 0 Å². The van der Waals surface area contributed by atoms with E-state index in [2.05, 4.69) is 11.6 Å². The van der Waals surface area contributed by atoms with Gasteiger partial charge in [0.25, 0.3) is 0 Å². The Morgan fingerprint density at radius 3 is 2.70 bits per heavy atom. The Morgan fingerprint density at radius 2 is 2.04 bits per heavy atom. The molecule has 2 N–H and O–H groups in total. The predicted octanol–water partition coefficient (Wildman–Crippen LogP) is 4.18. The van der Waals surface area contributed by atoms with Crippen LogP contribution in [0.3, 0.4) is 0 Å². The van der Waals surface area contributed by atoms with Gasteiger partial charge in [0.05, 0.1) is 12.8 Å². The average molecular weight is 311 g/mol. The smallest absolute Gasteiger partial charge is 0.126 e. The van der Waals surface area contributed by atoms with Gasteiger partial charge in [0.15, 0.2) is 0 Å². The lowest BCUT2D eigenvalue weighted by atomic mass is 10.0. The molecule has 0 aliphatic carbocycles. The van der Waals surface area contributed by atoms with E-state index in [1.165, 1.54) is 12.3 Å². The minimum absolute atomic E-state index is 0.162. The lowest BCUT2D eigenvalue weighted by molar-refractivity contribution is 0.399. The number of rotatable bonds is 6. The first-order valence-electron chi connectivity index (χ1n) is 7.37. The summed E-state index contributed by atoms with van der Waals surface area (Å²) in [6, 6.07) is 6.64. The zero-order valence-electron chi connectivity index (χ0n) is 13.4. The molecule has 0 aliphatic rings. The molecule has 0 saturated heterocycles. The Bertz CT molecular complexity index is 735. The summed E-state index contributed by atoms with van der Waals surface area (Å²) in [6.45, 7) is 5.84. The molecular weight excluding hydrogens is 290 g/mol. The van der Waals surface area contributed by atoms with Crippen LogP contribution in [0.25, 0.3) is 12.2 Å². The van der Waals surface area contributed by atoms with Gasteiger partial charge < -0.3 is 14.9 Å². The normalized spacial score (nSPS) is 10.9. The van der Waals surface area contributed by atoms with E-state index < -0.39 is 0 Å². The Balaban J connectivity index is 2.26. The van der Waals surface area contributed by atoms with Crippen molar-refractivity contribution in [1.82, 2.24) is 4.98 Å². The molecule has 23 heavy (non-hydrogen) atoms. The molecule has 1 heterocycles. The Morgan fingerprint density at radius 1 is 1.26 bits per heavy atom. The van der Waals surface area contributed by atoms with E-state index in [-0.39, 0.29) is 11.5 Å². The lowest BCUT2D eigenvalue weighted by Crippen LogP contribution is -1.95. The molecule has 1 aromatic heterocycles. The van der Waals surface area contributed by atoms with Crippen molar-refractivity contribution in [3.8, 4) is 17.2 Å². The zero-order chi connectivity index (χ0) is 16.8. The molecule has 0 atom stereocenters. The van der Waals surface area contributed by atoms with Crippen LogP contribution in [0.2, 0.25) is 0 Å². The number of allylic oxidation sites excluding steroid dienone is 1. The highest BCUT2D eigenvalue weighted by molar-refractivity contribution is 5.70. The number of nitrogens with zero attached hydrogens (tertiary/aromatic N) is 1. The monoisotopic (exact) mass is 311 g/mol. The molecule has 2 rings (SSSR count). The molecule has 0 spiro atoms. The number of ether oxygens (including phenoxy) is 1. The average Bonchev–Trinajstić information content (AvgIpc) is 2.51. The van der Waals surface area contributed by atoms with Crippen molar-refractivity contribution in [2.75, 3.05) is 7.11 Å². The van der Waals surface area contributed by atoms with Gasteiger partial charge in [0.2, 0.25) is 0 Å². The summed E-state index contributed by atoms with van der Waals surface area (Å²) >= 11 is 0. The van der Waals surface area contributed by atoms with E-state index in [1.54, 1.807) is 25.3 Å². The number of aromatic hydroxyl groups is 2. The number of hydrogen-bond acceptors (Lipinski definition) is 4. The number of hydrogen-bond donors (Lipinski definition) is 2. The summed E-state index contributed by atoms with van der Waals surface area (Å²) in [5, 5.41) is 19.7. The Hall–Kier alpha value is -2.75. The quantitative estimate of drug-likeness (QED) is 0.786. The summed E-state index contributed by atoms with van der Waals surface area (Å²) < 4.78 is 5.39. The summed E-state index contributed by atoms with van der Waals surface area (Å²) in [5.41, 5.74) is 3.27. The summed E-state index contributed by atoms with van der Waals surface area (Å²) in [4.78, 5) is 4.14. The minimum atomic E-state index is 0.162. The van der Waals surface area contributed by atoms with E-state index in [4.69, 9.17) is 4.74 Å². The minimum Gasteiger partial charge on any atom is -0.508 e. The van der Waals surface area contributed by atoms with Gasteiger partial charge in [0.1, 0.15) is 17.2 Å². The van der Waals surface area contributed by atoms with Crippen molar-refractivity contribution in [2.45, 2.75) is 19.8 Å². The third kappa shape index (κ3) is 4.61. The van der Waals surface area contributed by atoms with E-state index in [1.807, 2.05) is 19.1 Å². The van der Waals surface area contributed by atoms with E-state index in [0.717, 1.165) is 23.1 Å². The topological polar surface area (TPSA) is 62.6 Å². The molecular formula is C19H21NO3. The van der Waals surface area contributed by atoms with Crippen LogP contribution in [-0.4, -0.2) is 22.3 Å². The molecule has 4 heteroatoms. The molecule has 2 aromatic rings. The number of phenols is 1. The van der Waals surface area contributed by atoms with Crippen molar-refractivity contribution in [3.05, 3.63) is 59.4 Å². The molecule has 4 nitrogen and oxygen atoms in total. The van der Waals surface area contributed by atoms with Gasteiger partial charge >= 0.3 is 0 Å². The van der Waals surface area contributed by atoms with Crippen molar-refractivity contribution in [3.63, 3.8) is 0 Å². The molecule has 1 aromatic carbocycles. The SMILES string of the molecule is C=C(C)CCc1c(O)cc(/C=C/c2cc(O)ccn2)cc1OC. The second-order valence-electron chi connectivity index (χ2n) is 5.45. The van der Waals surface area contributed by atoms with E-state index >= 15 is 0 Å². The molecule has 120 valence electrons. The highest BCUT2D eigenvalue weighted by Gasteiger charge is 2.10. The fourth-order valence-corrected chi connectivity index (χ4v) is 2.23. The molecule has 0 saturated carbocycles. The Kier molecular flexibility index (Phi) is 5.41. The van der Waals surface area contributed by atoms with Crippen molar-refractivity contribution < 1.29 is 14.9 Å². The molecule has 0 aliphatic heterocycles. The zero-order valence-corrected chi connectivity index (χ0v) is 13.4. The largest absolute Gasteiger partial charge is 0.508 e. The van der Waals surface area contributed by atoms with Crippen LogP contribution in [0.15, 0.2) is 42.6 Å². The lowest BCUT2D eigenvalue weighted by Gasteiger charge is -2.12. The van der Waals surface area contributed by atoms with Crippen LogP contribution in [0.4, 0.5) is 0 Å². The first-order valence-corrected chi connectivity index (χ1v) is 7.37. The Labute approximate surface area is 136 Å². The molecule has 0 unspecified atom stereocenters. The van der Waals surface area contributed by atoms with Gasteiger partial charge in [0, 0.05) is 17.8 Å². The number of benzene rings is 1. The van der Waals surface area contributed by atoms with Gasteiger partial charge in [-0.3, -0.25) is 4.98 Å². The standard InChI is InChI=1S/C19H21NO3/c1-13(2)4-7-17-18(22)10-14(11-19(17)23-3)5-6-15-12-16(21)8-9-20-15/h5-6,8-12,22H,1,4,7H2,2-3H3,(H,20,21)/b6-5+. The number of pyridine rings is 1. The number of aromatic nitrogens is 1. The van der Waals surface area contributed by atoms with Gasteiger partial charge in [-0.15, -0.1) is 6.58 Å². The van der Waals surface area contributed by atoms with Crippen molar-refractivity contribution in [2.24, 2.45) is 0 Å². The fraction of sp³-hybridized carbons (Fsp3) is 0.211. The third-order valence-electron chi connectivity index (χ3n) is 3.44. The maximum absolute atomic E-state index is 10.3. The van der Waals surface area contributed by atoms with Gasteiger partial charge in [-0.1, -0.05) is 11.6 Å². The predicted molar refractivity (Wildman–Crippen MR) is 92.6 cm³/mol. The first-order chi connectivity index (χ1) is 11.0. The number of phenolic OH excluding ortho intramolecular Hbond substituents is 1. The van der Waals surface area contributed by atoms with Crippen LogP contribution in [0.1, 0.15) is 30.2 Å². The van der Waals surface area contributed by atoms with Gasteiger partial charge in [-0.2, -0.15) is 0 Å². The maximum atomic E-state index is 10.3. The number of methoxy groups -OCH3 is 1. The second-order valence-corrected chi connectivity index (χ2v) is 5.45. The highest BCUT2D eigenvalue weighted by Crippen LogP contribution is 2.32. The van der Waals surface area contributed by atoms with Crippen molar-refractivity contribution >= 4 is 12.2 Å². The van der Waals surface area contributed by atoms with Crippen LogP contribution in [-0.2, 0) is 6.42 Å². The van der Waals surface area contributed by atoms with E-state index in [0.29, 0.717) is 17.9 Å². The van der Waals surface area contributed by atoms with Crippen LogP contribution >= 0.6 is 0 Å². The maximum Gasteiger partial charge on any atom is 0.126 e. The molecule has 0 amide bonds. The van der Waals surface area contributed by atoms with Crippen LogP contribution < -0.4 is 4.74 Å². The summed E-state index contributed by atoms with van der Waals surface area (Å²) in [7, 11) is 1.59. The molecule has 0 bridgehead atoms. The van der Waals surface area contributed by atoms with Gasteiger partial charge in [-0.05, 0) is 49.6 Å². The van der Waals surface area contributed by atoms with E-state index in [9.17, 15) is 10.2 Å². The first kappa shape index (κ1) is 16.6. The van der Waals surface area contributed by atoms with Crippen LogP contribution in [0, 0.1) is 0 Å². The fourth-order valence-electron chi connectivity index (χ4n) is 2.23. The highest BCUT2D eigenvalue weighted by atomic mass is 16.5. The van der Waals surface area contributed by atoms with Crippen LogP contribution in [0.5, 0.6) is 17.2 Å². The second kappa shape index (κ2) is 7.49.